The summed E-state index contributed by atoms with van der Waals surface area (Å²) >= 11 is 0. The Labute approximate surface area is 81.5 Å². The predicted molar refractivity (Wildman–Crippen MR) is 55.6 cm³/mol. The van der Waals surface area contributed by atoms with Gasteiger partial charge in [-0.1, -0.05) is 12.8 Å². The molecule has 2 nitrogen and oxygen atoms in total. The molecule has 76 valence electrons. The standard InChI is InChI=1S/C11H22N2/c12-9-10-5-6-11(10)13-7-3-1-2-4-8-13/h10-11H,1-9,12H2. The van der Waals surface area contributed by atoms with Gasteiger partial charge in [-0.15, -0.1) is 0 Å². The Balaban J connectivity index is 1.84. The van der Waals surface area contributed by atoms with Gasteiger partial charge in [0.15, 0.2) is 0 Å². The molecule has 13 heavy (non-hydrogen) atoms. The first-order valence-corrected chi connectivity index (χ1v) is 5.86. The second-order valence-corrected chi connectivity index (χ2v) is 4.59. The molecule has 1 saturated carbocycles. The third-order valence-electron chi connectivity index (χ3n) is 3.79. The van der Waals surface area contributed by atoms with Crippen LogP contribution in [-0.4, -0.2) is 30.6 Å². The van der Waals surface area contributed by atoms with Crippen molar-refractivity contribution >= 4 is 0 Å². The molecule has 0 bridgehead atoms. The SMILES string of the molecule is NCC1CCC1N1CCCCCC1. The molecular weight excluding hydrogens is 160 g/mol. The summed E-state index contributed by atoms with van der Waals surface area (Å²) in [5.74, 6) is 0.818. The van der Waals surface area contributed by atoms with Crippen LogP contribution in [0.1, 0.15) is 38.5 Å². The quantitative estimate of drug-likeness (QED) is 0.703. The van der Waals surface area contributed by atoms with Gasteiger partial charge in [-0.25, -0.2) is 0 Å². The van der Waals surface area contributed by atoms with Gasteiger partial charge >= 0.3 is 0 Å². The zero-order valence-electron chi connectivity index (χ0n) is 8.54. The minimum absolute atomic E-state index is 0.818. The van der Waals surface area contributed by atoms with Gasteiger partial charge in [0.05, 0.1) is 0 Å². The first-order chi connectivity index (χ1) is 6.42. The van der Waals surface area contributed by atoms with E-state index in [-0.39, 0.29) is 0 Å². The number of rotatable bonds is 2. The van der Waals surface area contributed by atoms with Gasteiger partial charge in [-0.3, -0.25) is 0 Å². The molecule has 0 aromatic rings. The van der Waals surface area contributed by atoms with Crippen LogP contribution >= 0.6 is 0 Å². The maximum Gasteiger partial charge on any atom is 0.0136 e. The Morgan fingerprint density at radius 1 is 1.00 bits per heavy atom. The summed E-state index contributed by atoms with van der Waals surface area (Å²) < 4.78 is 0. The topological polar surface area (TPSA) is 29.3 Å². The van der Waals surface area contributed by atoms with Crippen LogP contribution in [-0.2, 0) is 0 Å². The Morgan fingerprint density at radius 3 is 2.15 bits per heavy atom. The van der Waals surface area contributed by atoms with Gasteiger partial charge in [0.25, 0.3) is 0 Å². The normalized spacial score (nSPS) is 36.7. The van der Waals surface area contributed by atoms with E-state index < -0.39 is 0 Å². The van der Waals surface area contributed by atoms with E-state index in [4.69, 9.17) is 5.73 Å². The third-order valence-corrected chi connectivity index (χ3v) is 3.79. The molecule has 2 N–H and O–H groups in total. The van der Waals surface area contributed by atoms with Crippen molar-refractivity contribution in [3.63, 3.8) is 0 Å². The Kier molecular flexibility index (Phi) is 3.23. The molecule has 0 aromatic carbocycles. The number of nitrogens with zero attached hydrogens (tertiary/aromatic N) is 1. The fourth-order valence-corrected chi connectivity index (χ4v) is 2.73. The van der Waals surface area contributed by atoms with Crippen LogP contribution in [0.25, 0.3) is 0 Å². The molecule has 0 radical (unpaired) electrons. The molecule has 2 rings (SSSR count). The number of hydrogen-bond acceptors (Lipinski definition) is 2. The van der Waals surface area contributed by atoms with Crippen molar-refractivity contribution < 1.29 is 0 Å². The van der Waals surface area contributed by atoms with E-state index in [1.54, 1.807) is 0 Å². The monoisotopic (exact) mass is 182 g/mol. The van der Waals surface area contributed by atoms with E-state index in [1.807, 2.05) is 0 Å². The second-order valence-electron chi connectivity index (χ2n) is 4.59. The van der Waals surface area contributed by atoms with Crippen molar-refractivity contribution in [1.29, 1.82) is 0 Å². The van der Waals surface area contributed by atoms with Crippen molar-refractivity contribution in [2.24, 2.45) is 11.7 Å². The smallest absolute Gasteiger partial charge is 0.0136 e. The highest BCUT2D eigenvalue weighted by Gasteiger charge is 2.34. The van der Waals surface area contributed by atoms with E-state index >= 15 is 0 Å². The summed E-state index contributed by atoms with van der Waals surface area (Å²) in [7, 11) is 0. The lowest BCUT2D eigenvalue weighted by Crippen LogP contribution is -2.50. The average Bonchev–Trinajstić information content (AvgIpc) is 2.32. The van der Waals surface area contributed by atoms with E-state index in [2.05, 4.69) is 4.90 Å². The number of hydrogen-bond donors (Lipinski definition) is 1. The van der Waals surface area contributed by atoms with Gasteiger partial charge in [0.1, 0.15) is 0 Å². The van der Waals surface area contributed by atoms with E-state index in [0.29, 0.717) is 0 Å². The molecule has 1 aliphatic carbocycles. The molecule has 0 amide bonds. The molecule has 2 heteroatoms. The number of likely N-dealkylation sites (tertiary alicyclic amines) is 1. The van der Waals surface area contributed by atoms with Crippen LogP contribution < -0.4 is 5.73 Å². The van der Waals surface area contributed by atoms with Crippen LogP contribution in [0.2, 0.25) is 0 Å². The number of nitrogens with two attached hydrogens (primary N) is 1. The lowest BCUT2D eigenvalue weighted by atomic mass is 9.78. The molecular formula is C11H22N2. The van der Waals surface area contributed by atoms with Crippen molar-refractivity contribution in [3.8, 4) is 0 Å². The average molecular weight is 182 g/mol. The van der Waals surface area contributed by atoms with Gasteiger partial charge in [-0.2, -0.15) is 0 Å². The summed E-state index contributed by atoms with van der Waals surface area (Å²) in [4.78, 5) is 2.70. The Bertz CT molecular complexity index is 148. The summed E-state index contributed by atoms with van der Waals surface area (Å²) in [6.07, 6.45) is 8.48. The predicted octanol–water partition coefficient (Wildman–Crippen LogP) is 1.60. The molecule has 2 fully saturated rings. The minimum atomic E-state index is 0.818. The summed E-state index contributed by atoms with van der Waals surface area (Å²) in [5, 5.41) is 0. The second kappa shape index (κ2) is 4.43. The highest BCUT2D eigenvalue weighted by Crippen LogP contribution is 2.32. The third kappa shape index (κ3) is 2.05. The molecule has 2 unspecified atom stereocenters. The fourth-order valence-electron chi connectivity index (χ4n) is 2.73. The summed E-state index contributed by atoms with van der Waals surface area (Å²) in [6, 6.07) is 0.850. The van der Waals surface area contributed by atoms with Gasteiger partial charge in [-0.05, 0) is 51.2 Å². The van der Waals surface area contributed by atoms with Crippen LogP contribution in [0.15, 0.2) is 0 Å². The zero-order valence-corrected chi connectivity index (χ0v) is 8.54. The lowest BCUT2D eigenvalue weighted by molar-refractivity contribution is 0.0697. The van der Waals surface area contributed by atoms with Crippen molar-refractivity contribution in [1.82, 2.24) is 4.90 Å². The van der Waals surface area contributed by atoms with E-state index in [0.717, 1.165) is 18.5 Å². The molecule has 1 aliphatic heterocycles. The largest absolute Gasteiger partial charge is 0.330 e. The highest BCUT2D eigenvalue weighted by molar-refractivity contribution is 4.89. The Hall–Kier alpha value is -0.0800. The van der Waals surface area contributed by atoms with Gasteiger partial charge in [0.2, 0.25) is 0 Å². The first kappa shape index (κ1) is 9.47. The van der Waals surface area contributed by atoms with Crippen LogP contribution in [0.4, 0.5) is 0 Å². The molecule has 2 aliphatic rings. The van der Waals surface area contributed by atoms with Crippen molar-refractivity contribution in [2.45, 2.75) is 44.6 Å². The van der Waals surface area contributed by atoms with Crippen LogP contribution in [0, 0.1) is 5.92 Å². The van der Waals surface area contributed by atoms with Crippen molar-refractivity contribution in [3.05, 3.63) is 0 Å². The van der Waals surface area contributed by atoms with Gasteiger partial charge < -0.3 is 10.6 Å². The van der Waals surface area contributed by atoms with Crippen LogP contribution in [0.3, 0.4) is 0 Å². The van der Waals surface area contributed by atoms with E-state index in [1.165, 1.54) is 51.6 Å². The molecule has 0 aromatic heterocycles. The zero-order chi connectivity index (χ0) is 9.10. The summed E-state index contributed by atoms with van der Waals surface area (Å²) in [5.41, 5.74) is 5.74. The maximum atomic E-state index is 5.74. The Morgan fingerprint density at radius 2 is 1.69 bits per heavy atom. The maximum absolute atomic E-state index is 5.74. The molecule has 1 saturated heterocycles. The molecule has 1 heterocycles. The van der Waals surface area contributed by atoms with Crippen LogP contribution in [0.5, 0.6) is 0 Å². The minimum Gasteiger partial charge on any atom is -0.330 e. The van der Waals surface area contributed by atoms with E-state index in [9.17, 15) is 0 Å². The summed E-state index contributed by atoms with van der Waals surface area (Å²) in [6.45, 7) is 3.57. The first-order valence-electron chi connectivity index (χ1n) is 5.86. The van der Waals surface area contributed by atoms with Crippen molar-refractivity contribution in [2.75, 3.05) is 19.6 Å². The molecule has 2 atom stereocenters. The fraction of sp³-hybridized carbons (Fsp3) is 1.00. The highest BCUT2D eigenvalue weighted by atomic mass is 15.2. The van der Waals surface area contributed by atoms with Gasteiger partial charge in [0, 0.05) is 6.04 Å². The molecule has 0 spiro atoms. The lowest BCUT2D eigenvalue weighted by Gasteiger charge is -2.43.